The summed E-state index contributed by atoms with van der Waals surface area (Å²) in [4.78, 5) is 5.25. The Morgan fingerprint density at radius 2 is 2.26 bits per heavy atom. The molecule has 0 saturated carbocycles. The first kappa shape index (κ1) is 14.1. The highest BCUT2D eigenvalue weighted by atomic mass is 35.5. The lowest BCUT2D eigenvalue weighted by molar-refractivity contribution is 0.339. The Balaban J connectivity index is 2.10. The molecule has 102 valence electrons. The first-order valence-corrected chi connectivity index (χ1v) is 7.29. The SMILES string of the molecule is CCOc1ccc(N)c(SCc2ncc(Cl)n2C)c1. The molecule has 0 aliphatic carbocycles. The van der Waals surface area contributed by atoms with Crippen molar-refractivity contribution in [2.75, 3.05) is 12.3 Å². The fourth-order valence-electron chi connectivity index (χ4n) is 1.60. The van der Waals surface area contributed by atoms with E-state index in [-0.39, 0.29) is 0 Å². The predicted molar refractivity (Wildman–Crippen MR) is 79.8 cm³/mol. The third-order valence-corrected chi connectivity index (χ3v) is 4.10. The number of aromatic nitrogens is 2. The number of nitrogens with two attached hydrogens (primary N) is 1. The van der Waals surface area contributed by atoms with Crippen LogP contribution < -0.4 is 10.5 Å². The highest BCUT2D eigenvalue weighted by molar-refractivity contribution is 7.98. The maximum atomic E-state index is 5.96. The number of ether oxygens (including phenoxy) is 1. The van der Waals surface area contributed by atoms with Crippen LogP contribution in [-0.2, 0) is 12.8 Å². The fraction of sp³-hybridized carbons (Fsp3) is 0.308. The summed E-state index contributed by atoms with van der Waals surface area (Å²) in [6, 6.07) is 5.69. The normalized spacial score (nSPS) is 10.7. The molecule has 4 nitrogen and oxygen atoms in total. The zero-order valence-corrected chi connectivity index (χ0v) is 12.5. The number of nitrogens with zero attached hydrogens (tertiary/aromatic N) is 2. The Labute approximate surface area is 121 Å². The van der Waals surface area contributed by atoms with Crippen molar-refractivity contribution < 1.29 is 4.74 Å². The highest BCUT2D eigenvalue weighted by Gasteiger charge is 2.08. The van der Waals surface area contributed by atoms with Crippen molar-refractivity contribution in [3.8, 4) is 5.75 Å². The standard InChI is InChI=1S/C13H16ClN3OS/c1-3-18-9-4-5-10(15)11(6-9)19-8-13-16-7-12(14)17(13)2/h4-7H,3,8,15H2,1-2H3. The second-order valence-corrected chi connectivity index (χ2v) is 5.38. The van der Waals surface area contributed by atoms with Crippen LogP contribution in [0.1, 0.15) is 12.7 Å². The van der Waals surface area contributed by atoms with Crippen molar-refractivity contribution in [3.05, 3.63) is 35.4 Å². The summed E-state index contributed by atoms with van der Waals surface area (Å²) in [6.07, 6.45) is 1.65. The van der Waals surface area contributed by atoms with Crippen molar-refractivity contribution in [2.24, 2.45) is 7.05 Å². The van der Waals surface area contributed by atoms with Gasteiger partial charge in [0.1, 0.15) is 16.7 Å². The van der Waals surface area contributed by atoms with E-state index in [1.807, 2.05) is 36.7 Å². The Kier molecular flexibility index (Phi) is 4.61. The van der Waals surface area contributed by atoms with Gasteiger partial charge in [0.2, 0.25) is 0 Å². The van der Waals surface area contributed by atoms with E-state index in [1.54, 1.807) is 18.0 Å². The second-order valence-electron chi connectivity index (χ2n) is 3.98. The molecule has 6 heteroatoms. The average Bonchev–Trinajstić information content (AvgIpc) is 2.71. The van der Waals surface area contributed by atoms with Crippen LogP contribution in [0.25, 0.3) is 0 Å². The van der Waals surface area contributed by atoms with Gasteiger partial charge in [0.05, 0.1) is 18.6 Å². The van der Waals surface area contributed by atoms with E-state index >= 15 is 0 Å². The molecule has 0 saturated heterocycles. The summed E-state index contributed by atoms with van der Waals surface area (Å²) in [5.41, 5.74) is 6.71. The Hall–Kier alpha value is -1.33. The maximum absolute atomic E-state index is 5.96. The minimum absolute atomic E-state index is 0.631. The van der Waals surface area contributed by atoms with Gasteiger partial charge in [-0.25, -0.2) is 4.98 Å². The summed E-state index contributed by atoms with van der Waals surface area (Å²) in [5, 5.41) is 0.631. The van der Waals surface area contributed by atoms with Crippen molar-refractivity contribution in [2.45, 2.75) is 17.6 Å². The zero-order chi connectivity index (χ0) is 13.8. The first-order chi connectivity index (χ1) is 9.11. The molecule has 0 unspecified atom stereocenters. The van der Waals surface area contributed by atoms with Crippen LogP contribution in [0.5, 0.6) is 5.75 Å². The Bertz CT molecular complexity index is 571. The van der Waals surface area contributed by atoms with Crippen molar-refractivity contribution in [1.82, 2.24) is 9.55 Å². The molecule has 0 aliphatic heterocycles. The minimum atomic E-state index is 0.631. The number of hydrogen-bond acceptors (Lipinski definition) is 4. The molecule has 0 amide bonds. The Morgan fingerprint density at radius 1 is 1.47 bits per heavy atom. The van der Waals surface area contributed by atoms with E-state index < -0.39 is 0 Å². The molecule has 0 aliphatic rings. The van der Waals surface area contributed by atoms with E-state index in [2.05, 4.69) is 4.98 Å². The Morgan fingerprint density at radius 3 is 2.89 bits per heavy atom. The lowest BCUT2D eigenvalue weighted by Crippen LogP contribution is -1.97. The number of anilines is 1. The summed E-state index contributed by atoms with van der Waals surface area (Å²) in [6.45, 7) is 2.60. The number of rotatable bonds is 5. The van der Waals surface area contributed by atoms with Gasteiger partial charge in [-0.3, -0.25) is 0 Å². The third-order valence-electron chi connectivity index (χ3n) is 2.68. The topological polar surface area (TPSA) is 53.1 Å². The van der Waals surface area contributed by atoms with Gasteiger partial charge in [0.15, 0.2) is 0 Å². The molecule has 1 heterocycles. The molecule has 2 N–H and O–H groups in total. The van der Waals surface area contributed by atoms with Crippen LogP contribution in [0.4, 0.5) is 5.69 Å². The number of thioether (sulfide) groups is 1. The number of nitrogen functional groups attached to an aromatic ring is 1. The predicted octanol–water partition coefficient (Wildman–Crippen LogP) is 3.35. The van der Waals surface area contributed by atoms with Crippen molar-refractivity contribution in [3.63, 3.8) is 0 Å². The molecule has 19 heavy (non-hydrogen) atoms. The summed E-state index contributed by atoms with van der Waals surface area (Å²) < 4.78 is 7.33. The van der Waals surface area contributed by atoms with Gasteiger partial charge >= 0.3 is 0 Å². The maximum Gasteiger partial charge on any atom is 0.128 e. The van der Waals surface area contributed by atoms with Gasteiger partial charge in [-0.1, -0.05) is 11.6 Å². The summed E-state index contributed by atoms with van der Waals surface area (Å²) in [5.74, 6) is 2.46. The monoisotopic (exact) mass is 297 g/mol. The van der Waals surface area contributed by atoms with Gasteiger partial charge < -0.3 is 15.0 Å². The highest BCUT2D eigenvalue weighted by Crippen LogP contribution is 2.31. The number of hydrogen-bond donors (Lipinski definition) is 1. The van der Waals surface area contributed by atoms with Crippen LogP contribution in [0.3, 0.4) is 0 Å². The molecule has 1 aromatic carbocycles. The van der Waals surface area contributed by atoms with Crippen LogP contribution >= 0.6 is 23.4 Å². The van der Waals surface area contributed by atoms with E-state index in [4.69, 9.17) is 22.1 Å². The molecular formula is C13H16ClN3OS. The number of imidazole rings is 1. The smallest absolute Gasteiger partial charge is 0.128 e. The van der Waals surface area contributed by atoms with E-state index in [1.165, 1.54) is 0 Å². The third kappa shape index (κ3) is 3.36. The van der Waals surface area contributed by atoms with Crippen LogP contribution in [-0.4, -0.2) is 16.2 Å². The molecule has 2 rings (SSSR count). The number of halogens is 1. The lowest BCUT2D eigenvalue weighted by Gasteiger charge is -2.09. The van der Waals surface area contributed by atoms with Crippen molar-refractivity contribution in [1.29, 1.82) is 0 Å². The first-order valence-electron chi connectivity index (χ1n) is 5.93. The quantitative estimate of drug-likeness (QED) is 0.679. The average molecular weight is 298 g/mol. The zero-order valence-electron chi connectivity index (χ0n) is 10.9. The molecule has 2 aromatic rings. The number of benzene rings is 1. The van der Waals surface area contributed by atoms with Gasteiger partial charge in [-0.15, -0.1) is 11.8 Å². The molecule has 0 fully saturated rings. The van der Waals surface area contributed by atoms with E-state index in [0.29, 0.717) is 17.5 Å². The minimum Gasteiger partial charge on any atom is -0.494 e. The van der Waals surface area contributed by atoms with E-state index in [0.717, 1.165) is 22.2 Å². The van der Waals surface area contributed by atoms with Crippen molar-refractivity contribution >= 4 is 29.1 Å². The molecular weight excluding hydrogens is 282 g/mol. The molecule has 0 radical (unpaired) electrons. The summed E-state index contributed by atoms with van der Waals surface area (Å²) in [7, 11) is 1.89. The lowest BCUT2D eigenvalue weighted by atomic mass is 10.3. The van der Waals surface area contributed by atoms with Gasteiger partial charge in [-0.05, 0) is 25.1 Å². The van der Waals surface area contributed by atoms with Crippen LogP contribution in [0.2, 0.25) is 5.15 Å². The second kappa shape index (κ2) is 6.21. The summed E-state index contributed by atoms with van der Waals surface area (Å²) >= 11 is 7.58. The molecule has 0 spiro atoms. The van der Waals surface area contributed by atoms with Gasteiger partial charge in [0, 0.05) is 17.6 Å². The molecule has 1 aromatic heterocycles. The molecule has 0 bridgehead atoms. The van der Waals surface area contributed by atoms with Gasteiger partial charge in [-0.2, -0.15) is 0 Å². The van der Waals surface area contributed by atoms with E-state index in [9.17, 15) is 0 Å². The fourth-order valence-corrected chi connectivity index (χ4v) is 2.73. The van der Waals surface area contributed by atoms with Crippen LogP contribution in [0.15, 0.2) is 29.3 Å². The van der Waals surface area contributed by atoms with Crippen LogP contribution in [0, 0.1) is 0 Å². The molecule has 0 atom stereocenters. The van der Waals surface area contributed by atoms with Gasteiger partial charge in [0.25, 0.3) is 0 Å². The largest absolute Gasteiger partial charge is 0.494 e.